The van der Waals surface area contributed by atoms with Crippen LogP contribution in [-0.2, 0) is 0 Å². The average molecular weight is 326 g/mol. The van der Waals surface area contributed by atoms with Crippen LogP contribution in [0, 0.1) is 0 Å². The fourth-order valence-electron chi connectivity index (χ4n) is 2.14. The van der Waals surface area contributed by atoms with E-state index in [1.165, 1.54) is 25.2 Å². The summed E-state index contributed by atoms with van der Waals surface area (Å²) in [7, 11) is 1.52. The lowest BCUT2D eigenvalue weighted by Gasteiger charge is -2.20. The van der Waals surface area contributed by atoms with Crippen LogP contribution >= 0.6 is 0 Å². The minimum Gasteiger partial charge on any atom is -0.480 e. The molecule has 2 rings (SSSR count). The number of benzene rings is 1. The summed E-state index contributed by atoms with van der Waals surface area (Å²) >= 11 is 0. The Hall–Kier alpha value is -2.96. The van der Waals surface area contributed by atoms with E-state index in [0.717, 1.165) is 18.7 Å². The molecule has 0 atom stereocenters. The maximum absolute atomic E-state index is 5.85. The average Bonchev–Trinajstić information content (AvgIpc) is 2.64. The van der Waals surface area contributed by atoms with Crippen LogP contribution in [0.25, 0.3) is 0 Å². The molecule has 0 amide bonds. The molecule has 0 fully saturated rings. The minimum atomic E-state index is 0.178. The largest absolute Gasteiger partial charge is 0.480 e. The quantitative estimate of drug-likeness (QED) is 0.478. The molecule has 7 heteroatoms. The van der Waals surface area contributed by atoms with E-state index in [1.807, 2.05) is 12.1 Å². The molecule has 1 aromatic heterocycles. The molecular weight excluding hydrogens is 304 g/mol. The molecular formula is C17H22N6O. The molecule has 0 aliphatic rings. The van der Waals surface area contributed by atoms with Crippen molar-refractivity contribution in [3.8, 4) is 5.88 Å². The topological polar surface area (TPSA) is 89.0 Å². The predicted octanol–water partition coefficient (Wildman–Crippen LogP) is 2.07. The number of hydrogen-bond acceptors (Lipinski definition) is 6. The molecule has 1 aromatic carbocycles. The summed E-state index contributed by atoms with van der Waals surface area (Å²) in [6, 6.07) is 8.12. The molecule has 0 aliphatic carbocycles. The van der Waals surface area contributed by atoms with E-state index in [-0.39, 0.29) is 5.84 Å². The maximum Gasteiger partial charge on any atom is 0.232 e. The van der Waals surface area contributed by atoms with Crippen LogP contribution in [0.5, 0.6) is 5.88 Å². The van der Waals surface area contributed by atoms with Gasteiger partial charge in [0.05, 0.1) is 25.7 Å². The second-order valence-corrected chi connectivity index (χ2v) is 4.94. The van der Waals surface area contributed by atoms with Gasteiger partial charge in [-0.25, -0.2) is 4.98 Å². The summed E-state index contributed by atoms with van der Waals surface area (Å²) in [5.41, 5.74) is 8.40. The molecule has 0 unspecified atom stereocenters. The van der Waals surface area contributed by atoms with Gasteiger partial charge in [0.1, 0.15) is 5.69 Å². The van der Waals surface area contributed by atoms with E-state index in [0.29, 0.717) is 11.6 Å². The standard InChI is InChI=1S/C17H22N6O/c1-4-23(5-2)14-8-6-13(7-9-14)10-20-22-17(18)15-11-19-12-16(21-15)24-3/h6-12H,4-5H2,1-3H3,(H2,18,22)/b20-10+. The van der Waals surface area contributed by atoms with Gasteiger partial charge in [-0.1, -0.05) is 12.1 Å². The number of methoxy groups -OCH3 is 1. The highest BCUT2D eigenvalue weighted by atomic mass is 16.5. The lowest BCUT2D eigenvalue weighted by molar-refractivity contribution is 0.395. The molecule has 24 heavy (non-hydrogen) atoms. The van der Waals surface area contributed by atoms with Crippen LogP contribution in [0.4, 0.5) is 5.69 Å². The molecule has 0 radical (unpaired) electrons. The van der Waals surface area contributed by atoms with E-state index < -0.39 is 0 Å². The molecule has 0 saturated carbocycles. The Kier molecular flexibility index (Phi) is 6.24. The third-order valence-corrected chi connectivity index (χ3v) is 3.48. The number of ether oxygens (including phenoxy) is 1. The number of anilines is 1. The lowest BCUT2D eigenvalue weighted by Crippen LogP contribution is -2.21. The van der Waals surface area contributed by atoms with E-state index in [9.17, 15) is 0 Å². The van der Waals surface area contributed by atoms with Gasteiger partial charge in [0.15, 0.2) is 5.84 Å². The van der Waals surface area contributed by atoms with Crippen molar-refractivity contribution in [1.29, 1.82) is 0 Å². The van der Waals surface area contributed by atoms with Gasteiger partial charge >= 0.3 is 0 Å². The Balaban J connectivity index is 2.07. The molecule has 1 heterocycles. The van der Waals surface area contributed by atoms with Crippen LogP contribution in [0.15, 0.2) is 46.9 Å². The Morgan fingerprint density at radius 1 is 1.21 bits per heavy atom. The predicted molar refractivity (Wildman–Crippen MR) is 96.9 cm³/mol. The molecule has 0 spiro atoms. The summed E-state index contributed by atoms with van der Waals surface area (Å²) < 4.78 is 5.00. The van der Waals surface area contributed by atoms with Crippen LogP contribution in [0.1, 0.15) is 25.1 Å². The van der Waals surface area contributed by atoms with Crippen molar-refractivity contribution in [2.45, 2.75) is 13.8 Å². The first-order chi connectivity index (χ1) is 11.7. The van der Waals surface area contributed by atoms with Crippen molar-refractivity contribution < 1.29 is 4.74 Å². The van der Waals surface area contributed by atoms with Crippen LogP contribution in [0.2, 0.25) is 0 Å². The third-order valence-electron chi connectivity index (χ3n) is 3.48. The second kappa shape index (κ2) is 8.61. The Labute approximate surface area is 141 Å². The first-order valence-corrected chi connectivity index (χ1v) is 7.75. The number of amidine groups is 1. The summed E-state index contributed by atoms with van der Waals surface area (Å²) in [6.45, 7) is 6.23. The monoisotopic (exact) mass is 326 g/mol. The van der Waals surface area contributed by atoms with Gasteiger partial charge in [0, 0.05) is 18.8 Å². The molecule has 7 nitrogen and oxygen atoms in total. The minimum absolute atomic E-state index is 0.178. The highest BCUT2D eigenvalue weighted by molar-refractivity contribution is 5.95. The summed E-state index contributed by atoms with van der Waals surface area (Å²) in [6.07, 6.45) is 4.65. The van der Waals surface area contributed by atoms with E-state index in [4.69, 9.17) is 10.5 Å². The van der Waals surface area contributed by atoms with Gasteiger partial charge in [-0.15, -0.1) is 5.10 Å². The van der Waals surface area contributed by atoms with Crippen LogP contribution < -0.4 is 15.4 Å². The molecule has 2 N–H and O–H groups in total. The smallest absolute Gasteiger partial charge is 0.232 e. The Morgan fingerprint density at radius 2 is 1.92 bits per heavy atom. The second-order valence-electron chi connectivity index (χ2n) is 4.94. The first kappa shape index (κ1) is 17.4. The third kappa shape index (κ3) is 4.52. The fraction of sp³-hybridized carbons (Fsp3) is 0.294. The van der Waals surface area contributed by atoms with Crippen molar-refractivity contribution in [3.05, 3.63) is 47.9 Å². The molecule has 0 bridgehead atoms. The molecule has 2 aromatic rings. The van der Waals surface area contributed by atoms with Crippen molar-refractivity contribution in [2.24, 2.45) is 15.9 Å². The van der Waals surface area contributed by atoms with Gasteiger partial charge in [-0.2, -0.15) is 5.10 Å². The zero-order valence-electron chi connectivity index (χ0n) is 14.2. The van der Waals surface area contributed by atoms with E-state index in [2.05, 4.69) is 51.1 Å². The molecule has 126 valence electrons. The Morgan fingerprint density at radius 3 is 2.54 bits per heavy atom. The van der Waals surface area contributed by atoms with E-state index >= 15 is 0 Å². The number of aromatic nitrogens is 2. The summed E-state index contributed by atoms with van der Waals surface area (Å²) in [5.74, 6) is 0.555. The zero-order valence-corrected chi connectivity index (χ0v) is 14.2. The van der Waals surface area contributed by atoms with Gasteiger partial charge in [-0.05, 0) is 31.5 Å². The highest BCUT2D eigenvalue weighted by Gasteiger charge is 2.03. The van der Waals surface area contributed by atoms with Crippen molar-refractivity contribution in [2.75, 3.05) is 25.1 Å². The van der Waals surface area contributed by atoms with Crippen molar-refractivity contribution >= 4 is 17.7 Å². The summed E-state index contributed by atoms with van der Waals surface area (Å²) in [4.78, 5) is 10.4. The number of rotatable bonds is 7. The highest BCUT2D eigenvalue weighted by Crippen LogP contribution is 2.14. The maximum atomic E-state index is 5.85. The number of nitrogens with zero attached hydrogens (tertiary/aromatic N) is 5. The van der Waals surface area contributed by atoms with Crippen LogP contribution in [-0.4, -0.2) is 42.2 Å². The van der Waals surface area contributed by atoms with Gasteiger partial charge < -0.3 is 15.4 Å². The van der Waals surface area contributed by atoms with Gasteiger partial charge in [0.2, 0.25) is 5.88 Å². The fourth-order valence-corrected chi connectivity index (χ4v) is 2.14. The molecule has 0 saturated heterocycles. The summed E-state index contributed by atoms with van der Waals surface area (Å²) in [5, 5.41) is 7.95. The molecule has 0 aliphatic heterocycles. The SMILES string of the molecule is CCN(CC)c1ccc(/C=N/N=C(\N)c2cncc(OC)n2)cc1. The zero-order chi connectivity index (χ0) is 17.4. The van der Waals surface area contributed by atoms with Crippen molar-refractivity contribution in [1.82, 2.24) is 9.97 Å². The number of hydrogen-bond donors (Lipinski definition) is 1. The lowest BCUT2D eigenvalue weighted by atomic mass is 10.2. The normalized spacial score (nSPS) is 11.7. The van der Waals surface area contributed by atoms with E-state index in [1.54, 1.807) is 6.21 Å². The van der Waals surface area contributed by atoms with Gasteiger partial charge in [0.25, 0.3) is 0 Å². The first-order valence-electron chi connectivity index (χ1n) is 7.75. The van der Waals surface area contributed by atoms with Gasteiger partial charge in [-0.3, -0.25) is 4.98 Å². The van der Waals surface area contributed by atoms with Crippen molar-refractivity contribution in [3.63, 3.8) is 0 Å². The number of nitrogens with two attached hydrogens (primary N) is 1. The van der Waals surface area contributed by atoms with Crippen LogP contribution in [0.3, 0.4) is 0 Å². The Bertz CT molecular complexity index is 707.